The van der Waals surface area contributed by atoms with Gasteiger partial charge in [0.15, 0.2) is 9.70 Å². The minimum absolute atomic E-state index is 0.0568. The molecule has 0 fully saturated rings. The van der Waals surface area contributed by atoms with Crippen LogP contribution in [0.5, 0.6) is 11.6 Å². The number of carboxylic acid groups (broad SMARTS) is 1. The van der Waals surface area contributed by atoms with Crippen molar-refractivity contribution in [3.63, 3.8) is 0 Å². The minimum atomic E-state index is -0.946. The zero-order chi connectivity index (χ0) is 20.6. The highest BCUT2D eigenvalue weighted by atomic mass is 35.5. The third-order valence-corrected chi connectivity index (χ3v) is 5.77. The van der Waals surface area contributed by atoms with Crippen molar-refractivity contribution < 1.29 is 24.5 Å². The fraction of sp³-hybridized carbons (Fsp3) is 0.176. The molecule has 0 bridgehead atoms. The summed E-state index contributed by atoms with van der Waals surface area (Å²) in [4.78, 5) is 23.7. The molecule has 0 amide bonds. The number of fused-ring (bicyclic) bond motifs is 1. The van der Waals surface area contributed by atoms with Crippen LogP contribution in [0.3, 0.4) is 0 Å². The zero-order valence-corrected chi connectivity index (χ0v) is 17.1. The number of aromatic hydroxyl groups is 1. The number of aromatic nitrogens is 1. The van der Waals surface area contributed by atoms with E-state index in [-0.39, 0.29) is 57.1 Å². The molecule has 1 aliphatic rings. The van der Waals surface area contributed by atoms with Crippen molar-refractivity contribution in [3.8, 4) is 11.6 Å². The van der Waals surface area contributed by atoms with E-state index in [1.54, 1.807) is 0 Å². The van der Waals surface area contributed by atoms with Gasteiger partial charge in [-0.3, -0.25) is 19.6 Å². The number of rotatable bonds is 5. The van der Waals surface area contributed by atoms with Crippen LogP contribution in [0.25, 0.3) is 6.08 Å². The standard InChI is InChI=1S/C17H12Cl2N2O5S2/c18-7-4-8-13(24)9(15(20)26-14(8)10(19)5-7)6-11-16(25)21(17(27)28-11)3-1-2-12(22)23/h4-6,20,25H,1-3H2,(H,22,23). The first-order valence-electron chi connectivity index (χ1n) is 7.85. The van der Waals surface area contributed by atoms with Crippen LogP contribution in [-0.4, -0.2) is 32.4 Å². The van der Waals surface area contributed by atoms with Gasteiger partial charge in [-0.2, -0.15) is 0 Å². The maximum atomic E-state index is 12.8. The highest BCUT2D eigenvalue weighted by Gasteiger charge is 2.31. The molecule has 28 heavy (non-hydrogen) atoms. The van der Waals surface area contributed by atoms with Crippen LogP contribution in [-0.2, 0) is 11.3 Å². The van der Waals surface area contributed by atoms with Gasteiger partial charge in [-0.05, 0) is 36.8 Å². The Kier molecular flexibility index (Phi) is 5.90. The van der Waals surface area contributed by atoms with Gasteiger partial charge in [0.25, 0.3) is 0 Å². The predicted molar refractivity (Wildman–Crippen MR) is 109 cm³/mol. The predicted octanol–water partition coefficient (Wildman–Crippen LogP) is 4.79. The van der Waals surface area contributed by atoms with Crippen LogP contribution in [0.4, 0.5) is 0 Å². The third kappa shape index (κ3) is 3.97. The fourth-order valence-electron chi connectivity index (χ4n) is 2.59. The number of nitrogens with one attached hydrogen (secondary N) is 1. The molecule has 0 aliphatic carbocycles. The van der Waals surface area contributed by atoms with Crippen LogP contribution in [0.1, 0.15) is 28.1 Å². The monoisotopic (exact) mass is 458 g/mol. The van der Waals surface area contributed by atoms with E-state index in [2.05, 4.69) is 0 Å². The normalized spacial score (nSPS) is 14.9. The molecule has 1 aromatic heterocycles. The molecule has 2 heterocycles. The largest absolute Gasteiger partial charge is 0.493 e. The first-order chi connectivity index (χ1) is 13.2. The maximum Gasteiger partial charge on any atom is 0.303 e. The molecule has 1 aromatic carbocycles. The van der Waals surface area contributed by atoms with E-state index < -0.39 is 17.7 Å². The number of Topliss-reactive ketones (excluding diaryl/α,β-unsaturated/α-hetero) is 1. The molecule has 11 heteroatoms. The lowest BCUT2D eigenvalue weighted by Gasteiger charge is -2.20. The second-order valence-corrected chi connectivity index (χ2v) is 8.31. The number of hydrogen-bond donors (Lipinski definition) is 3. The number of carbonyl (C=O) groups excluding carboxylic acids is 1. The number of benzene rings is 1. The Morgan fingerprint density at radius 1 is 1.39 bits per heavy atom. The summed E-state index contributed by atoms with van der Waals surface area (Å²) in [5.74, 6) is -2.03. The van der Waals surface area contributed by atoms with E-state index in [9.17, 15) is 14.7 Å². The van der Waals surface area contributed by atoms with Gasteiger partial charge in [0.1, 0.15) is 0 Å². The van der Waals surface area contributed by atoms with Gasteiger partial charge in [0, 0.05) is 18.0 Å². The molecular weight excluding hydrogens is 447 g/mol. The molecule has 3 rings (SSSR count). The van der Waals surface area contributed by atoms with Gasteiger partial charge in [-0.15, -0.1) is 11.3 Å². The third-order valence-electron chi connectivity index (χ3n) is 3.89. The summed E-state index contributed by atoms with van der Waals surface area (Å²) in [6.45, 7) is 0.215. The minimum Gasteiger partial charge on any atom is -0.493 e. The van der Waals surface area contributed by atoms with E-state index in [0.717, 1.165) is 11.3 Å². The van der Waals surface area contributed by atoms with Gasteiger partial charge in [-0.25, -0.2) is 0 Å². The summed E-state index contributed by atoms with van der Waals surface area (Å²) < 4.78 is 7.07. The number of hydrogen-bond acceptors (Lipinski definition) is 7. The lowest BCUT2D eigenvalue weighted by atomic mass is 9.99. The molecule has 0 saturated heterocycles. The molecule has 0 saturated carbocycles. The molecule has 2 aromatic rings. The van der Waals surface area contributed by atoms with Crippen molar-refractivity contribution >= 4 is 70.5 Å². The Morgan fingerprint density at radius 2 is 2.11 bits per heavy atom. The molecule has 0 spiro atoms. The number of aliphatic carboxylic acids is 1. The summed E-state index contributed by atoms with van der Waals surface area (Å²) >= 11 is 18.2. The molecule has 3 N–H and O–H groups in total. The summed E-state index contributed by atoms with van der Waals surface area (Å²) in [6, 6.07) is 2.80. The summed E-state index contributed by atoms with van der Waals surface area (Å²) in [5.41, 5.74) is 0.0267. The number of ether oxygens (including phenoxy) is 1. The van der Waals surface area contributed by atoms with Crippen LogP contribution in [0.2, 0.25) is 10.0 Å². The average Bonchev–Trinajstić information content (AvgIpc) is 2.87. The Bertz CT molecular complexity index is 1100. The Labute approximate surface area is 177 Å². The SMILES string of the molecule is N=C1Oc2c(Cl)cc(Cl)cc2C(=O)C1=Cc1sc(=S)n(CCCC(=O)O)c1O. The van der Waals surface area contributed by atoms with Crippen molar-refractivity contribution in [2.75, 3.05) is 0 Å². The van der Waals surface area contributed by atoms with E-state index in [0.29, 0.717) is 3.95 Å². The molecule has 0 unspecified atom stereocenters. The van der Waals surface area contributed by atoms with E-state index in [4.69, 9.17) is 50.7 Å². The lowest BCUT2D eigenvalue weighted by molar-refractivity contribution is -0.137. The highest BCUT2D eigenvalue weighted by molar-refractivity contribution is 7.73. The van der Waals surface area contributed by atoms with E-state index in [1.807, 2.05) is 0 Å². The summed E-state index contributed by atoms with van der Waals surface area (Å²) in [6.07, 6.45) is 1.53. The van der Waals surface area contributed by atoms with E-state index in [1.165, 1.54) is 22.8 Å². The highest BCUT2D eigenvalue weighted by Crippen LogP contribution is 2.38. The molecule has 0 radical (unpaired) electrons. The first kappa shape index (κ1) is 20.5. The van der Waals surface area contributed by atoms with Gasteiger partial charge < -0.3 is 14.9 Å². The molecular formula is C17H12Cl2N2O5S2. The Morgan fingerprint density at radius 3 is 2.79 bits per heavy atom. The summed E-state index contributed by atoms with van der Waals surface area (Å²) in [7, 11) is 0. The lowest BCUT2D eigenvalue weighted by Crippen LogP contribution is -2.24. The molecule has 0 atom stereocenters. The van der Waals surface area contributed by atoms with Crippen molar-refractivity contribution in [1.29, 1.82) is 5.41 Å². The maximum absolute atomic E-state index is 12.8. The topological polar surface area (TPSA) is 113 Å². The Hall–Kier alpha value is -2.20. The smallest absolute Gasteiger partial charge is 0.303 e. The average molecular weight is 459 g/mol. The van der Waals surface area contributed by atoms with Crippen LogP contribution < -0.4 is 4.74 Å². The van der Waals surface area contributed by atoms with Gasteiger partial charge in [-0.1, -0.05) is 23.2 Å². The first-order valence-corrected chi connectivity index (χ1v) is 9.83. The number of thiazole rings is 1. The quantitative estimate of drug-likeness (QED) is 0.438. The fourth-order valence-corrected chi connectivity index (χ4v) is 4.43. The van der Waals surface area contributed by atoms with Gasteiger partial charge in [0.2, 0.25) is 17.6 Å². The number of nitrogens with zero attached hydrogens (tertiary/aromatic N) is 1. The molecule has 1 aliphatic heterocycles. The van der Waals surface area contributed by atoms with E-state index >= 15 is 0 Å². The number of halogens is 2. The van der Waals surface area contributed by atoms with Crippen LogP contribution >= 0.6 is 46.8 Å². The van der Waals surface area contributed by atoms with Crippen molar-refractivity contribution in [1.82, 2.24) is 4.57 Å². The second-order valence-electron chi connectivity index (χ2n) is 5.79. The number of carboxylic acids is 1. The summed E-state index contributed by atoms with van der Waals surface area (Å²) in [5, 5.41) is 27.5. The number of ketones is 1. The van der Waals surface area contributed by atoms with Crippen molar-refractivity contribution in [3.05, 3.63) is 42.1 Å². The zero-order valence-electron chi connectivity index (χ0n) is 14.0. The second kappa shape index (κ2) is 8.04. The van der Waals surface area contributed by atoms with Crippen molar-refractivity contribution in [2.24, 2.45) is 0 Å². The molecule has 7 nitrogen and oxygen atoms in total. The Balaban J connectivity index is 1.97. The van der Waals surface area contributed by atoms with Crippen molar-refractivity contribution in [2.45, 2.75) is 19.4 Å². The van der Waals surface area contributed by atoms with Gasteiger partial charge >= 0.3 is 5.97 Å². The number of carbonyl (C=O) groups is 2. The van der Waals surface area contributed by atoms with Gasteiger partial charge in [0.05, 0.1) is 21.0 Å². The molecule has 146 valence electrons. The van der Waals surface area contributed by atoms with Crippen LogP contribution in [0.15, 0.2) is 17.7 Å². The van der Waals surface area contributed by atoms with Crippen LogP contribution in [0, 0.1) is 9.36 Å².